The molecule has 2 aromatic carbocycles. The molecule has 0 fully saturated rings. The quantitative estimate of drug-likeness (QED) is 0.646. The largest absolute Gasteiger partial charge is 0.484 e. The number of sulfone groups is 1. The molecule has 0 bridgehead atoms. The molecular formula is C21H17NO6S. The van der Waals surface area contributed by atoms with Crippen LogP contribution in [-0.4, -0.2) is 32.7 Å². The van der Waals surface area contributed by atoms with Crippen molar-refractivity contribution in [3.05, 3.63) is 76.5 Å². The number of para-hydroxylation sites is 1. The average Bonchev–Trinajstić information content (AvgIpc) is 3.04. The molecule has 1 N–H and O–H groups in total. The molecule has 1 amide bonds. The van der Waals surface area contributed by atoms with Gasteiger partial charge in [-0.1, -0.05) is 30.3 Å². The van der Waals surface area contributed by atoms with Gasteiger partial charge in [0.05, 0.1) is 17.4 Å². The molecule has 8 heteroatoms. The molecule has 4 rings (SSSR count). The summed E-state index contributed by atoms with van der Waals surface area (Å²) < 4.78 is 33.5. The summed E-state index contributed by atoms with van der Waals surface area (Å²) in [5.41, 5.74) is 1.19. The number of carbonyl (C=O) groups is 1. The SMILES string of the molecule is O=C(COc1ccc(-c2cc3ccccc3oc2=O)cc1)N[C@@H]1C=CS(=O)(=O)C1. The highest BCUT2D eigenvalue weighted by molar-refractivity contribution is 7.94. The van der Waals surface area contributed by atoms with Crippen molar-refractivity contribution in [3.63, 3.8) is 0 Å². The minimum atomic E-state index is -3.23. The van der Waals surface area contributed by atoms with Crippen LogP contribution in [0.5, 0.6) is 5.75 Å². The second kappa shape index (κ2) is 7.56. The molecule has 3 aromatic rings. The zero-order valence-electron chi connectivity index (χ0n) is 15.2. The summed E-state index contributed by atoms with van der Waals surface area (Å²) >= 11 is 0. The fourth-order valence-electron chi connectivity index (χ4n) is 3.06. The molecular weight excluding hydrogens is 394 g/mol. The van der Waals surface area contributed by atoms with Crippen LogP contribution in [-0.2, 0) is 14.6 Å². The minimum absolute atomic E-state index is 0.137. The predicted molar refractivity (Wildman–Crippen MR) is 108 cm³/mol. The first-order valence-electron chi connectivity index (χ1n) is 8.86. The van der Waals surface area contributed by atoms with Crippen molar-refractivity contribution < 1.29 is 22.4 Å². The fourth-order valence-corrected chi connectivity index (χ4v) is 4.29. The molecule has 7 nitrogen and oxygen atoms in total. The molecule has 0 spiro atoms. The zero-order chi connectivity index (χ0) is 20.4. The van der Waals surface area contributed by atoms with E-state index in [0.717, 1.165) is 10.8 Å². The van der Waals surface area contributed by atoms with E-state index in [4.69, 9.17) is 9.15 Å². The van der Waals surface area contributed by atoms with E-state index in [1.54, 1.807) is 42.5 Å². The van der Waals surface area contributed by atoms with Gasteiger partial charge in [0.25, 0.3) is 5.91 Å². The van der Waals surface area contributed by atoms with Gasteiger partial charge in [0.1, 0.15) is 11.3 Å². The van der Waals surface area contributed by atoms with Crippen molar-refractivity contribution in [1.82, 2.24) is 5.32 Å². The second-order valence-corrected chi connectivity index (χ2v) is 8.56. The highest BCUT2D eigenvalue weighted by Crippen LogP contribution is 2.23. The summed E-state index contributed by atoms with van der Waals surface area (Å²) in [4.78, 5) is 24.2. The van der Waals surface area contributed by atoms with Gasteiger partial charge in [-0.05, 0) is 35.9 Å². The normalized spacial score (nSPS) is 17.3. The second-order valence-electron chi connectivity index (χ2n) is 6.63. The van der Waals surface area contributed by atoms with E-state index < -0.39 is 27.4 Å². The summed E-state index contributed by atoms with van der Waals surface area (Å²) in [5.74, 6) is -0.110. The third-order valence-electron chi connectivity index (χ3n) is 4.45. The van der Waals surface area contributed by atoms with Crippen molar-refractivity contribution in [3.8, 4) is 16.9 Å². The number of benzene rings is 2. The summed E-state index contributed by atoms with van der Waals surface area (Å²) in [6, 6.07) is 15.2. The lowest BCUT2D eigenvalue weighted by atomic mass is 10.1. The van der Waals surface area contributed by atoms with E-state index >= 15 is 0 Å². The summed E-state index contributed by atoms with van der Waals surface area (Å²) in [6.07, 6.45) is 1.44. The van der Waals surface area contributed by atoms with E-state index in [1.165, 1.54) is 6.08 Å². The number of rotatable bonds is 5. The molecule has 148 valence electrons. The van der Waals surface area contributed by atoms with Crippen LogP contribution in [0.25, 0.3) is 22.1 Å². The molecule has 1 aliphatic heterocycles. The van der Waals surface area contributed by atoms with Crippen LogP contribution in [0.2, 0.25) is 0 Å². The van der Waals surface area contributed by atoms with Crippen molar-refractivity contribution in [2.75, 3.05) is 12.4 Å². The number of ether oxygens (including phenoxy) is 1. The third kappa shape index (κ3) is 4.38. The number of carbonyl (C=O) groups excluding carboxylic acids is 1. The van der Waals surface area contributed by atoms with Crippen LogP contribution in [0.3, 0.4) is 0 Å². The fraction of sp³-hybridized carbons (Fsp3) is 0.143. The van der Waals surface area contributed by atoms with Gasteiger partial charge in [0.2, 0.25) is 0 Å². The van der Waals surface area contributed by atoms with Gasteiger partial charge in [0, 0.05) is 10.8 Å². The highest BCUT2D eigenvalue weighted by Gasteiger charge is 2.23. The Hall–Kier alpha value is -3.39. The summed E-state index contributed by atoms with van der Waals surface area (Å²) in [7, 11) is -3.23. The molecule has 0 aliphatic carbocycles. The van der Waals surface area contributed by atoms with Crippen molar-refractivity contribution >= 4 is 26.7 Å². The maximum Gasteiger partial charge on any atom is 0.344 e. The maximum atomic E-state index is 12.2. The van der Waals surface area contributed by atoms with Crippen LogP contribution in [0.15, 0.2) is 75.3 Å². The molecule has 1 aliphatic rings. The Kier molecular flexibility index (Phi) is 4.94. The van der Waals surface area contributed by atoms with Gasteiger partial charge in [-0.2, -0.15) is 0 Å². The first-order chi connectivity index (χ1) is 13.9. The summed E-state index contributed by atoms with van der Waals surface area (Å²) in [6.45, 7) is -0.248. The van der Waals surface area contributed by atoms with Crippen molar-refractivity contribution in [2.45, 2.75) is 6.04 Å². The molecule has 29 heavy (non-hydrogen) atoms. The Morgan fingerprint density at radius 2 is 1.90 bits per heavy atom. The summed E-state index contributed by atoms with van der Waals surface area (Å²) in [5, 5.41) is 4.50. The molecule has 0 saturated heterocycles. The topological polar surface area (TPSA) is 103 Å². The Bertz CT molecular complexity index is 1260. The molecule has 0 radical (unpaired) electrons. The highest BCUT2D eigenvalue weighted by atomic mass is 32.2. The van der Waals surface area contributed by atoms with Crippen LogP contribution in [0.1, 0.15) is 0 Å². The van der Waals surface area contributed by atoms with Crippen LogP contribution in [0, 0.1) is 0 Å². The van der Waals surface area contributed by atoms with Crippen molar-refractivity contribution in [1.29, 1.82) is 0 Å². The van der Waals surface area contributed by atoms with Gasteiger partial charge in [-0.25, -0.2) is 13.2 Å². The molecule has 1 atom stereocenters. The van der Waals surface area contributed by atoms with Crippen LogP contribution < -0.4 is 15.7 Å². The number of hydrogen-bond acceptors (Lipinski definition) is 6. The van der Waals surface area contributed by atoms with Gasteiger partial charge >= 0.3 is 5.63 Å². The van der Waals surface area contributed by atoms with Gasteiger partial charge in [-0.15, -0.1) is 0 Å². The Morgan fingerprint density at radius 3 is 2.62 bits per heavy atom. The average molecular weight is 411 g/mol. The van der Waals surface area contributed by atoms with Gasteiger partial charge < -0.3 is 14.5 Å². The minimum Gasteiger partial charge on any atom is -0.484 e. The van der Waals surface area contributed by atoms with Crippen molar-refractivity contribution in [2.24, 2.45) is 0 Å². The first kappa shape index (κ1) is 18.9. The predicted octanol–water partition coefficient (Wildman–Crippen LogP) is 2.27. The molecule has 2 heterocycles. The maximum absolute atomic E-state index is 12.2. The lowest BCUT2D eigenvalue weighted by molar-refractivity contribution is -0.123. The smallest absolute Gasteiger partial charge is 0.344 e. The van der Waals surface area contributed by atoms with Gasteiger partial charge in [0.15, 0.2) is 16.4 Å². The van der Waals surface area contributed by atoms with E-state index in [-0.39, 0.29) is 12.4 Å². The number of fused-ring (bicyclic) bond motifs is 1. The molecule has 0 saturated carbocycles. The zero-order valence-corrected chi connectivity index (χ0v) is 16.0. The van der Waals surface area contributed by atoms with Gasteiger partial charge in [-0.3, -0.25) is 4.79 Å². The number of hydrogen-bond donors (Lipinski definition) is 1. The first-order valence-corrected chi connectivity index (χ1v) is 10.6. The lowest BCUT2D eigenvalue weighted by Crippen LogP contribution is -2.38. The van der Waals surface area contributed by atoms with E-state index in [0.29, 0.717) is 22.5 Å². The van der Waals surface area contributed by atoms with E-state index in [2.05, 4.69) is 5.32 Å². The Balaban J connectivity index is 1.41. The third-order valence-corrected chi connectivity index (χ3v) is 5.85. The lowest BCUT2D eigenvalue weighted by Gasteiger charge is -2.11. The Morgan fingerprint density at radius 1 is 1.14 bits per heavy atom. The molecule has 0 unspecified atom stereocenters. The molecule has 1 aromatic heterocycles. The number of amides is 1. The Labute approximate surface area is 166 Å². The number of nitrogens with one attached hydrogen (secondary N) is 1. The van der Waals surface area contributed by atoms with E-state index in [9.17, 15) is 18.0 Å². The van der Waals surface area contributed by atoms with Crippen LogP contribution >= 0.6 is 0 Å². The monoisotopic (exact) mass is 411 g/mol. The van der Waals surface area contributed by atoms with E-state index in [1.807, 2.05) is 12.1 Å². The van der Waals surface area contributed by atoms with Crippen LogP contribution in [0.4, 0.5) is 0 Å². The standard InChI is InChI=1S/C21H17NO6S/c23-20(22-16-9-10-29(25,26)13-16)12-27-17-7-5-14(6-8-17)18-11-15-3-1-2-4-19(15)28-21(18)24/h1-11,16H,12-13H2,(H,22,23)/t16-/m1/s1.